The van der Waals surface area contributed by atoms with Crippen LogP contribution in [0.15, 0.2) is 24.3 Å². The fraction of sp³-hybridized carbons (Fsp3) is 0.680. The number of hydrogen-bond acceptors (Lipinski definition) is 4. The summed E-state index contributed by atoms with van der Waals surface area (Å²) in [6.45, 7) is 8.47. The van der Waals surface area contributed by atoms with Crippen molar-refractivity contribution in [3.63, 3.8) is 0 Å². The fourth-order valence-electron chi connectivity index (χ4n) is 5.40. The summed E-state index contributed by atoms with van der Waals surface area (Å²) >= 11 is 0. The number of benzene rings is 1. The molecule has 1 aliphatic carbocycles. The molecule has 2 aliphatic heterocycles. The Morgan fingerprint density at radius 1 is 0.968 bits per heavy atom. The van der Waals surface area contributed by atoms with E-state index in [0.29, 0.717) is 6.54 Å². The molecule has 170 valence electrons. The van der Waals surface area contributed by atoms with Gasteiger partial charge in [0.1, 0.15) is 6.04 Å². The van der Waals surface area contributed by atoms with E-state index in [-0.39, 0.29) is 23.8 Å². The van der Waals surface area contributed by atoms with E-state index in [1.165, 1.54) is 17.7 Å². The quantitative estimate of drug-likeness (QED) is 0.760. The first-order chi connectivity index (χ1) is 15.1. The molecule has 1 atom stereocenters. The van der Waals surface area contributed by atoms with E-state index in [1.54, 1.807) is 0 Å². The van der Waals surface area contributed by atoms with E-state index >= 15 is 0 Å². The van der Waals surface area contributed by atoms with Crippen LogP contribution in [0.4, 0.5) is 5.69 Å². The van der Waals surface area contributed by atoms with Gasteiger partial charge in [0, 0.05) is 57.4 Å². The average Bonchev–Trinajstić information content (AvgIpc) is 3.30. The van der Waals surface area contributed by atoms with Gasteiger partial charge >= 0.3 is 0 Å². The van der Waals surface area contributed by atoms with Crippen LogP contribution in [0.1, 0.15) is 50.5 Å². The van der Waals surface area contributed by atoms with Crippen LogP contribution in [-0.4, -0.2) is 73.5 Å². The van der Waals surface area contributed by atoms with Crippen LogP contribution in [0, 0.1) is 12.8 Å². The first-order valence-corrected chi connectivity index (χ1v) is 12.2. The Kier molecular flexibility index (Phi) is 7.49. The Hall–Kier alpha value is -2.08. The summed E-state index contributed by atoms with van der Waals surface area (Å²) in [4.78, 5) is 32.5. The maximum absolute atomic E-state index is 12.9. The van der Waals surface area contributed by atoms with Gasteiger partial charge in [0.05, 0.1) is 0 Å². The largest absolute Gasteiger partial charge is 0.369 e. The maximum Gasteiger partial charge on any atom is 0.242 e. The zero-order valence-electron chi connectivity index (χ0n) is 19.0. The van der Waals surface area contributed by atoms with E-state index in [2.05, 4.69) is 46.3 Å². The predicted octanol–water partition coefficient (Wildman–Crippen LogP) is 2.80. The fourth-order valence-corrected chi connectivity index (χ4v) is 5.40. The maximum atomic E-state index is 12.9. The van der Waals surface area contributed by atoms with Crippen molar-refractivity contribution in [1.29, 1.82) is 0 Å². The highest BCUT2D eigenvalue weighted by molar-refractivity contribution is 5.89. The molecule has 0 bridgehead atoms. The number of nitrogens with one attached hydrogen (secondary N) is 1. The Morgan fingerprint density at radius 3 is 2.48 bits per heavy atom. The highest BCUT2D eigenvalue weighted by Crippen LogP contribution is 2.28. The topological polar surface area (TPSA) is 55.9 Å². The normalized spacial score (nSPS) is 23.2. The zero-order valence-corrected chi connectivity index (χ0v) is 19.0. The molecular weight excluding hydrogens is 388 g/mol. The van der Waals surface area contributed by atoms with Crippen molar-refractivity contribution >= 4 is 17.5 Å². The molecule has 31 heavy (non-hydrogen) atoms. The Morgan fingerprint density at radius 2 is 1.74 bits per heavy atom. The molecule has 6 heteroatoms. The second kappa shape index (κ2) is 10.5. The lowest BCUT2D eigenvalue weighted by Gasteiger charge is -2.36. The van der Waals surface area contributed by atoms with Gasteiger partial charge < -0.3 is 15.1 Å². The summed E-state index contributed by atoms with van der Waals surface area (Å²) in [5.74, 6) is 0.413. The summed E-state index contributed by atoms with van der Waals surface area (Å²) in [6, 6.07) is 8.43. The molecule has 0 spiro atoms. The summed E-state index contributed by atoms with van der Waals surface area (Å²) in [7, 11) is 0. The first-order valence-electron chi connectivity index (χ1n) is 12.2. The van der Waals surface area contributed by atoms with Crippen LogP contribution in [0.25, 0.3) is 0 Å². The summed E-state index contributed by atoms with van der Waals surface area (Å²) in [5.41, 5.74) is 2.60. The number of carbonyl (C=O) groups excluding carboxylic acids is 2. The molecule has 1 aromatic rings. The highest BCUT2D eigenvalue weighted by Gasteiger charge is 2.37. The number of likely N-dealkylation sites (tertiary alicyclic amines) is 1. The summed E-state index contributed by atoms with van der Waals surface area (Å²) in [6.07, 6.45) is 7.29. The van der Waals surface area contributed by atoms with Crippen molar-refractivity contribution in [1.82, 2.24) is 15.1 Å². The number of nitrogens with zero attached hydrogens (tertiary/aromatic N) is 3. The molecule has 3 fully saturated rings. The summed E-state index contributed by atoms with van der Waals surface area (Å²) < 4.78 is 0. The third kappa shape index (κ3) is 5.59. The molecule has 1 unspecified atom stereocenters. The second-order valence-corrected chi connectivity index (χ2v) is 9.48. The minimum atomic E-state index is -0.257. The van der Waals surface area contributed by atoms with E-state index in [1.807, 2.05) is 4.90 Å². The lowest BCUT2D eigenvalue weighted by Crippen LogP contribution is -2.51. The van der Waals surface area contributed by atoms with Gasteiger partial charge in [0.15, 0.2) is 0 Å². The monoisotopic (exact) mass is 426 g/mol. The van der Waals surface area contributed by atoms with Gasteiger partial charge in [-0.2, -0.15) is 0 Å². The molecule has 0 aromatic heterocycles. The molecule has 1 aromatic carbocycles. The van der Waals surface area contributed by atoms with Crippen molar-refractivity contribution in [3.8, 4) is 0 Å². The second-order valence-electron chi connectivity index (χ2n) is 9.48. The first kappa shape index (κ1) is 22.1. The number of piperazine rings is 1. The van der Waals surface area contributed by atoms with Crippen molar-refractivity contribution in [3.05, 3.63) is 29.8 Å². The number of rotatable bonds is 6. The van der Waals surface area contributed by atoms with E-state index < -0.39 is 0 Å². The van der Waals surface area contributed by atoms with Gasteiger partial charge in [-0.25, -0.2) is 0 Å². The van der Waals surface area contributed by atoms with Crippen LogP contribution >= 0.6 is 0 Å². The van der Waals surface area contributed by atoms with Crippen LogP contribution in [0.5, 0.6) is 0 Å². The average molecular weight is 427 g/mol. The molecule has 2 heterocycles. The SMILES string of the molecule is Cc1cccc(N2CCN(CCNC(=O)C3CCCN3C(=O)C3CCCCC3)CC2)c1. The van der Waals surface area contributed by atoms with Crippen molar-refractivity contribution in [2.24, 2.45) is 5.92 Å². The Balaban J connectivity index is 1.19. The van der Waals surface area contributed by atoms with Crippen LogP contribution < -0.4 is 10.2 Å². The van der Waals surface area contributed by atoms with Crippen LogP contribution in [0.2, 0.25) is 0 Å². The molecule has 2 saturated heterocycles. The molecule has 1 saturated carbocycles. The Bertz CT molecular complexity index is 754. The minimum absolute atomic E-state index is 0.0417. The van der Waals surface area contributed by atoms with Crippen molar-refractivity contribution < 1.29 is 9.59 Å². The number of hydrogen-bond donors (Lipinski definition) is 1. The molecule has 2 amide bonds. The van der Waals surface area contributed by atoms with Gasteiger partial charge in [-0.15, -0.1) is 0 Å². The van der Waals surface area contributed by atoms with E-state index in [9.17, 15) is 9.59 Å². The predicted molar refractivity (Wildman–Crippen MR) is 124 cm³/mol. The van der Waals surface area contributed by atoms with E-state index in [0.717, 1.165) is 77.8 Å². The molecular formula is C25H38N4O2. The van der Waals surface area contributed by atoms with Crippen LogP contribution in [0.3, 0.4) is 0 Å². The van der Waals surface area contributed by atoms with Crippen molar-refractivity contribution in [2.45, 2.75) is 57.9 Å². The lowest BCUT2D eigenvalue weighted by molar-refractivity contribution is -0.142. The number of amides is 2. The minimum Gasteiger partial charge on any atom is -0.369 e. The van der Waals surface area contributed by atoms with Gasteiger partial charge in [-0.05, 0) is 50.3 Å². The Labute approximate surface area is 187 Å². The summed E-state index contributed by atoms with van der Waals surface area (Å²) in [5, 5.41) is 3.12. The van der Waals surface area contributed by atoms with Gasteiger partial charge in [-0.3, -0.25) is 14.5 Å². The molecule has 3 aliphatic rings. The van der Waals surface area contributed by atoms with Crippen molar-refractivity contribution in [2.75, 3.05) is 50.7 Å². The zero-order chi connectivity index (χ0) is 21.6. The van der Waals surface area contributed by atoms with Gasteiger partial charge in [-0.1, -0.05) is 31.4 Å². The molecule has 1 N–H and O–H groups in total. The standard InChI is InChI=1S/C25H38N4O2/c1-20-7-5-10-22(19-20)28-17-15-27(16-18-28)14-12-26-24(30)23-11-6-13-29(23)25(31)21-8-3-2-4-9-21/h5,7,10,19,21,23H,2-4,6,8-9,11-18H2,1H3,(H,26,30). The number of anilines is 1. The molecule has 0 radical (unpaired) electrons. The number of aryl methyl sites for hydroxylation is 1. The molecule has 6 nitrogen and oxygen atoms in total. The van der Waals surface area contributed by atoms with Gasteiger partial charge in [0.2, 0.25) is 11.8 Å². The van der Waals surface area contributed by atoms with Crippen LogP contribution in [-0.2, 0) is 9.59 Å². The number of carbonyl (C=O) groups is 2. The highest BCUT2D eigenvalue weighted by atomic mass is 16.2. The lowest BCUT2D eigenvalue weighted by atomic mass is 9.88. The van der Waals surface area contributed by atoms with Gasteiger partial charge in [0.25, 0.3) is 0 Å². The third-order valence-corrected chi connectivity index (χ3v) is 7.26. The molecule has 4 rings (SSSR count). The third-order valence-electron chi connectivity index (χ3n) is 7.26. The van der Waals surface area contributed by atoms with E-state index in [4.69, 9.17) is 0 Å². The smallest absolute Gasteiger partial charge is 0.242 e.